The van der Waals surface area contributed by atoms with Crippen LogP contribution in [-0.4, -0.2) is 23.5 Å². The van der Waals surface area contributed by atoms with E-state index in [2.05, 4.69) is 0 Å². The van der Waals surface area contributed by atoms with Crippen molar-refractivity contribution in [3.63, 3.8) is 0 Å². The second-order valence-electron chi connectivity index (χ2n) is 5.23. The third kappa shape index (κ3) is 2.51. The molecule has 0 radical (unpaired) electrons. The van der Waals surface area contributed by atoms with Gasteiger partial charge in [0.25, 0.3) is 5.91 Å². The highest BCUT2D eigenvalue weighted by Gasteiger charge is 2.44. The number of halogens is 1. The molecule has 1 aromatic carbocycles. The van der Waals surface area contributed by atoms with Crippen LogP contribution in [0.15, 0.2) is 30.3 Å². The summed E-state index contributed by atoms with van der Waals surface area (Å²) in [5, 5.41) is 0.335. The van der Waals surface area contributed by atoms with Gasteiger partial charge in [0.2, 0.25) is 0 Å². The Kier molecular flexibility index (Phi) is 3.98. The Morgan fingerprint density at radius 3 is 2.42 bits per heavy atom. The SMILES string of the molecule is CC(=O)c1ccc(C(=O)C2C(=O)N(C(N)=O)c3ccc(Cl)cc32)s1. The zero-order valence-electron chi connectivity index (χ0n) is 12.4. The average molecular weight is 363 g/mol. The Hall–Kier alpha value is -2.51. The summed E-state index contributed by atoms with van der Waals surface area (Å²) in [6, 6.07) is 6.52. The number of nitrogens with zero attached hydrogens (tertiary/aromatic N) is 1. The molecule has 24 heavy (non-hydrogen) atoms. The number of urea groups is 1. The van der Waals surface area contributed by atoms with Crippen molar-refractivity contribution in [3.8, 4) is 0 Å². The van der Waals surface area contributed by atoms with Crippen molar-refractivity contribution in [1.29, 1.82) is 0 Å². The van der Waals surface area contributed by atoms with Crippen LogP contribution in [0.25, 0.3) is 0 Å². The lowest BCUT2D eigenvalue weighted by atomic mass is 9.95. The summed E-state index contributed by atoms with van der Waals surface area (Å²) in [6.45, 7) is 1.39. The minimum absolute atomic E-state index is 0.168. The van der Waals surface area contributed by atoms with E-state index in [9.17, 15) is 19.2 Å². The number of thiophene rings is 1. The lowest BCUT2D eigenvalue weighted by Crippen LogP contribution is -2.40. The third-order valence-electron chi connectivity index (χ3n) is 3.69. The fraction of sp³-hybridized carbons (Fsp3) is 0.125. The molecule has 0 bridgehead atoms. The maximum Gasteiger partial charge on any atom is 0.326 e. The standard InChI is InChI=1S/C16H11ClN2O4S/c1-7(20)11-4-5-12(24-11)14(21)13-9-6-8(17)2-3-10(9)19(15(13)22)16(18)23/h2-6,13H,1H3,(H2,18,23). The van der Waals surface area contributed by atoms with Crippen molar-refractivity contribution in [2.75, 3.05) is 4.90 Å². The molecule has 8 heteroatoms. The molecule has 2 aromatic rings. The molecule has 2 heterocycles. The number of nitrogens with two attached hydrogens (primary N) is 1. The van der Waals surface area contributed by atoms with Crippen molar-refractivity contribution in [2.24, 2.45) is 5.73 Å². The molecule has 122 valence electrons. The van der Waals surface area contributed by atoms with Gasteiger partial charge < -0.3 is 5.73 Å². The van der Waals surface area contributed by atoms with Crippen LogP contribution in [0, 0.1) is 0 Å². The van der Waals surface area contributed by atoms with E-state index in [1.54, 1.807) is 0 Å². The number of ketones is 2. The summed E-state index contributed by atoms with van der Waals surface area (Å²) in [5.74, 6) is -2.59. The molecule has 0 aliphatic carbocycles. The maximum absolute atomic E-state index is 12.8. The minimum Gasteiger partial charge on any atom is -0.351 e. The van der Waals surface area contributed by atoms with E-state index in [-0.39, 0.29) is 16.3 Å². The highest BCUT2D eigenvalue weighted by molar-refractivity contribution is 7.16. The number of fused-ring (bicyclic) bond motifs is 1. The first-order valence-corrected chi connectivity index (χ1v) is 8.08. The molecule has 1 aliphatic heterocycles. The van der Waals surface area contributed by atoms with Crippen molar-refractivity contribution in [2.45, 2.75) is 12.8 Å². The predicted molar refractivity (Wildman–Crippen MR) is 89.9 cm³/mol. The zero-order valence-corrected chi connectivity index (χ0v) is 14.0. The molecule has 1 atom stereocenters. The molecule has 0 saturated heterocycles. The summed E-state index contributed by atoms with van der Waals surface area (Å²) in [6.07, 6.45) is 0. The summed E-state index contributed by atoms with van der Waals surface area (Å²) in [5.41, 5.74) is 5.84. The van der Waals surface area contributed by atoms with Gasteiger partial charge in [-0.3, -0.25) is 14.4 Å². The Morgan fingerprint density at radius 1 is 1.17 bits per heavy atom. The molecule has 1 aliphatic rings. The molecule has 3 rings (SSSR count). The first kappa shape index (κ1) is 16.4. The molecule has 2 N–H and O–H groups in total. The van der Waals surface area contributed by atoms with Crippen LogP contribution in [0.1, 0.15) is 37.7 Å². The predicted octanol–water partition coefficient (Wildman–Crippen LogP) is 3.00. The fourth-order valence-corrected chi connectivity index (χ4v) is 3.68. The number of carbonyl (C=O) groups excluding carboxylic acids is 4. The minimum atomic E-state index is -1.20. The summed E-state index contributed by atoms with van der Waals surface area (Å²) in [7, 11) is 0. The van der Waals surface area contributed by atoms with Crippen LogP contribution in [0.2, 0.25) is 5.02 Å². The Labute approximate surface area is 145 Å². The number of rotatable bonds is 3. The van der Waals surface area contributed by atoms with E-state index in [1.807, 2.05) is 0 Å². The van der Waals surface area contributed by atoms with E-state index in [1.165, 1.54) is 37.3 Å². The smallest absolute Gasteiger partial charge is 0.326 e. The molecule has 3 amide bonds. The maximum atomic E-state index is 12.8. The van der Waals surface area contributed by atoms with Crippen LogP contribution in [-0.2, 0) is 4.79 Å². The van der Waals surface area contributed by atoms with Gasteiger partial charge in [-0.2, -0.15) is 0 Å². The van der Waals surface area contributed by atoms with Crippen LogP contribution in [0.4, 0.5) is 10.5 Å². The van der Waals surface area contributed by atoms with Gasteiger partial charge in [-0.05, 0) is 42.8 Å². The van der Waals surface area contributed by atoms with Crippen LogP contribution >= 0.6 is 22.9 Å². The van der Waals surface area contributed by atoms with E-state index in [0.717, 1.165) is 16.2 Å². The fourth-order valence-electron chi connectivity index (χ4n) is 2.62. The zero-order chi connectivity index (χ0) is 17.6. The number of Topliss-reactive ketones (excluding diaryl/α,β-unsaturated/α-hetero) is 2. The summed E-state index contributed by atoms with van der Waals surface area (Å²) >= 11 is 6.97. The van der Waals surface area contributed by atoms with Crippen LogP contribution in [0.5, 0.6) is 0 Å². The molecule has 0 saturated carbocycles. The van der Waals surface area contributed by atoms with Crippen LogP contribution < -0.4 is 10.6 Å². The normalized spacial score (nSPS) is 16.2. The molecule has 1 aromatic heterocycles. The second-order valence-corrected chi connectivity index (χ2v) is 6.75. The number of hydrogen-bond acceptors (Lipinski definition) is 5. The first-order chi connectivity index (χ1) is 11.3. The summed E-state index contributed by atoms with van der Waals surface area (Å²) < 4.78 is 0. The number of amides is 3. The molecule has 0 spiro atoms. The number of benzene rings is 1. The Balaban J connectivity index is 2.08. The van der Waals surface area contributed by atoms with Gasteiger partial charge in [-0.1, -0.05) is 11.6 Å². The topological polar surface area (TPSA) is 97.5 Å². The van der Waals surface area contributed by atoms with E-state index >= 15 is 0 Å². The van der Waals surface area contributed by atoms with E-state index < -0.39 is 23.6 Å². The van der Waals surface area contributed by atoms with Gasteiger partial charge in [0.05, 0.1) is 15.4 Å². The van der Waals surface area contributed by atoms with Crippen LogP contribution in [0.3, 0.4) is 0 Å². The van der Waals surface area contributed by atoms with Crippen molar-refractivity contribution >= 4 is 52.1 Å². The lowest BCUT2D eigenvalue weighted by molar-refractivity contribution is -0.117. The number of carbonyl (C=O) groups is 4. The molecular formula is C16H11ClN2O4S. The Bertz CT molecular complexity index is 905. The number of hydrogen-bond donors (Lipinski definition) is 1. The van der Waals surface area contributed by atoms with Gasteiger partial charge in [0.1, 0.15) is 5.92 Å². The third-order valence-corrected chi connectivity index (χ3v) is 5.12. The van der Waals surface area contributed by atoms with E-state index in [4.69, 9.17) is 17.3 Å². The number of imide groups is 1. The molecule has 6 nitrogen and oxygen atoms in total. The Morgan fingerprint density at radius 2 is 1.83 bits per heavy atom. The highest BCUT2D eigenvalue weighted by atomic mass is 35.5. The van der Waals surface area contributed by atoms with E-state index in [0.29, 0.717) is 15.5 Å². The van der Waals surface area contributed by atoms with Gasteiger partial charge in [0.15, 0.2) is 11.6 Å². The molecular weight excluding hydrogens is 352 g/mol. The van der Waals surface area contributed by atoms with Crippen molar-refractivity contribution in [3.05, 3.63) is 50.7 Å². The largest absolute Gasteiger partial charge is 0.351 e. The van der Waals surface area contributed by atoms with Gasteiger partial charge in [0, 0.05) is 5.02 Å². The lowest BCUT2D eigenvalue weighted by Gasteiger charge is -2.12. The van der Waals surface area contributed by atoms with Crippen molar-refractivity contribution in [1.82, 2.24) is 0 Å². The first-order valence-electron chi connectivity index (χ1n) is 6.89. The number of anilines is 1. The summed E-state index contributed by atoms with van der Waals surface area (Å²) in [4.78, 5) is 49.8. The average Bonchev–Trinajstić information content (AvgIpc) is 3.08. The van der Waals surface area contributed by atoms with Gasteiger partial charge in [-0.25, -0.2) is 9.69 Å². The van der Waals surface area contributed by atoms with Crippen molar-refractivity contribution < 1.29 is 19.2 Å². The number of primary amides is 1. The quantitative estimate of drug-likeness (QED) is 0.670. The molecule has 0 fully saturated rings. The second kappa shape index (κ2) is 5.85. The highest BCUT2D eigenvalue weighted by Crippen LogP contribution is 2.41. The monoisotopic (exact) mass is 362 g/mol. The van der Waals surface area contributed by atoms with Gasteiger partial charge >= 0.3 is 6.03 Å². The van der Waals surface area contributed by atoms with Gasteiger partial charge in [-0.15, -0.1) is 11.3 Å². The molecule has 1 unspecified atom stereocenters.